The second-order valence-corrected chi connectivity index (χ2v) is 16.3. The molecule has 2 aromatic heterocycles. The lowest BCUT2D eigenvalue weighted by molar-refractivity contribution is -0.137. The fourth-order valence-corrected chi connectivity index (χ4v) is 8.82. The smallest absolute Gasteiger partial charge is 0.255 e. The molecule has 65 heavy (non-hydrogen) atoms. The van der Waals surface area contributed by atoms with Gasteiger partial charge in [0, 0.05) is 61.5 Å². The van der Waals surface area contributed by atoms with E-state index < -0.39 is 11.9 Å². The predicted molar refractivity (Wildman–Crippen MR) is 237 cm³/mol. The van der Waals surface area contributed by atoms with E-state index in [2.05, 4.69) is 46.8 Å². The molecule has 21 heteroatoms. The highest BCUT2D eigenvalue weighted by Crippen LogP contribution is 2.40. The molecule has 1 aliphatic carbocycles. The number of nitrogens with zero attached hydrogens (tertiary/aromatic N) is 8. The van der Waals surface area contributed by atoms with Crippen LogP contribution in [0.1, 0.15) is 83.8 Å². The van der Waals surface area contributed by atoms with E-state index in [4.69, 9.17) is 14.5 Å². The highest BCUT2D eigenvalue weighted by Gasteiger charge is 2.42. The molecule has 3 aliphatic heterocycles. The van der Waals surface area contributed by atoms with Gasteiger partial charge in [-0.3, -0.25) is 38.8 Å². The summed E-state index contributed by atoms with van der Waals surface area (Å²) in [4.78, 5) is 90.9. The number of imide groups is 1. The van der Waals surface area contributed by atoms with Crippen LogP contribution in [-0.4, -0.2) is 124 Å². The molecule has 4 aliphatic rings. The van der Waals surface area contributed by atoms with E-state index in [1.807, 2.05) is 6.92 Å². The number of methoxy groups -OCH3 is 1. The summed E-state index contributed by atoms with van der Waals surface area (Å²) < 4.78 is 12.9. The molecular formula is C44H53N13O8. The first-order chi connectivity index (χ1) is 31.5. The average molecular weight is 892 g/mol. The van der Waals surface area contributed by atoms with Crippen molar-refractivity contribution < 1.29 is 38.2 Å². The number of rotatable bonds is 18. The van der Waals surface area contributed by atoms with Crippen LogP contribution in [0.3, 0.4) is 0 Å². The van der Waals surface area contributed by atoms with Crippen molar-refractivity contribution in [3.63, 3.8) is 0 Å². The zero-order valence-corrected chi connectivity index (χ0v) is 36.6. The van der Waals surface area contributed by atoms with E-state index >= 15 is 0 Å². The third kappa shape index (κ3) is 9.75. The monoisotopic (exact) mass is 891 g/mol. The van der Waals surface area contributed by atoms with Crippen LogP contribution in [0.4, 0.5) is 28.8 Å². The Morgan fingerprint density at radius 1 is 1.02 bits per heavy atom. The van der Waals surface area contributed by atoms with Gasteiger partial charge in [-0.1, -0.05) is 31.0 Å². The Labute approximate surface area is 375 Å². The van der Waals surface area contributed by atoms with Gasteiger partial charge in [0.25, 0.3) is 11.8 Å². The molecule has 21 nitrogen and oxygen atoms in total. The predicted octanol–water partition coefficient (Wildman–Crippen LogP) is 2.26. The summed E-state index contributed by atoms with van der Waals surface area (Å²) in [6.07, 6.45) is 8.78. The highest BCUT2D eigenvalue weighted by atomic mass is 16.5. The first-order valence-electron chi connectivity index (χ1n) is 21.9. The van der Waals surface area contributed by atoms with Crippen LogP contribution in [0.2, 0.25) is 0 Å². The van der Waals surface area contributed by atoms with E-state index in [1.54, 1.807) is 65.4 Å². The van der Waals surface area contributed by atoms with Crippen LogP contribution in [0.25, 0.3) is 0 Å². The average Bonchev–Trinajstić information content (AvgIpc) is 4.08. The van der Waals surface area contributed by atoms with E-state index in [9.17, 15) is 28.8 Å². The molecule has 6 amide bonds. The van der Waals surface area contributed by atoms with Crippen molar-refractivity contribution in [1.29, 1.82) is 0 Å². The van der Waals surface area contributed by atoms with Gasteiger partial charge in [-0.25, -0.2) is 4.98 Å². The quantitative estimate of drug-likeness (QED) is 0.0711. The molecule has 2 atom stereocenters. The molecular weight excluding hydrogens is 839 g/mol. The van der Waals surface area contributed by atoms with Gasteiger partial charge >= 0.3 is 0 Å². The van der Waals surface area contributed by atoms with Crippen LogP contribution in [0, 0.1) is 0 Å². The number of aromatic nitrogens is 5. The molecule has 5 N–H and O–H groups in total. The Balaban J connectivity index is 0.754. The Morgan fingerprint density at radius 2 is 1.85 bits per heavy atom. The summed E-state index contributed by atoms with van der Waals surface area (Å²) in [6, 6.07) is 9.28. The summed E-state index contributed by atoms with van der Waals surface area (Å²) in [5.74, 6) is -0.333. The number of fused-ring (bicyclic) bond motifs is 2. The summed E-state index contributed by atoms with van der Waals surface area (Å²) in [5, 5.41) is 22.8. The number of nitrogens with one attached hydrogen (secondary N) is 5. The van der Waals surface area contributed by atoms with Crippen molar-refractivity contribution in [2.45, 2.75) is 89.6 Å². The Morgan fingerprint density at radius 3 is 2.63 bits per heavy atom. The van der Waals surface area contributed by atoms with E-state index in [0.29, 0.717) is 77.2 Å². The number of hydrogen-bond acceptors (Lipinski definition) is 15. The van der Waals surface area contributed by atoms with Crippen molar-refractivity contribution in [2.24, 2.45) is 0 Å². The molecule has 0 radical (unpaired) electrons. The van der Waals surface area contributed by atoms with E-state index in [0.717, 1.165) is 31.5 Å². The van der Waals surface area contributed by atoms with Crippen LogP contribution >= 0.6 is 0 Å². The zero-order valence-electron chi connectivity index (χ0n) is 36.6. The fraction of sp³-hybridized carbons (Fsp3) is 0.455. The van der Waals surface area contributed by atoms with Crippen LogP contribution < -0.4 is 41.1 Å². The van der Waals surface area contributed by atoms with Gasteiger partial charge in [-0.15, -0.1) is 5.10 Å². The largest absolute Gasteiger partial charge is 0.495 e. The second-order valence-electron chi connectivity index (χ2n) is 16.3. The SMILES string of the molecule is CC[C@@H]1C(=O)N(C)c2cnc(Nc3ccc(C(=O)NCc4cn(CCNCCOCC(=O)Nc5cccc6c5CN(C5CCC(=O)NC5=O)C6=O)nn4)cc3OC)nc2N1C1CCCC1. The lowest BCUT2D eigenvalue weighted by atomic mass is 10.0. The van der Waals surface area contributed by atoms with Crippen LogP contribution in [0.5, 0.6) is 5.75 Å². The van der Waals surface area contributed by atoms with Gasteiger partial charge in [0.2, 0.25) is 29.6 Å². The minimum absolute atomic E-state index is 0.0471. The van der Waals surface area contributed by atoms with Crippen molar-refractivity contribution >= 4 is 64.3 Å². The highest BCUT2D eigenvalue weighted by molar-refractivity contribution is 6.07. The molecule has 2 aromatic carbocycles. The van der Waals surface area contributed by atoms with Gasteiger partial charge in [0.1, 0.15) is 35.8 Å². The lowest BCUT2D eigenvalue weighted by Gasteiger charge is -2.43. The number of benzene rings is 2. The maximum absolute atomic E-state index is 13.3. The number of likely N-dealkylation sites (N-methyl/N-ethyl adjacent to an activating group) is 1. The van der Waals surface area contributed by atoms with Crippen LogP contribution in [-0.2, 0) is 43.5 Å². The first kappa shape index (κ1) is 44.6. The standard InChI is InChI=1S/C44H53N13O8/c1-4-33-43(63)54(2)35-22-47-44(51-39(35)57(33)28-8-5-6-9-28)49-32-13-12-26(20-36(32)64-3)40(60)46-21-27-23-55(53-52-27)18-16-45-17-19-65-25-38(59)48-31-11-7-10-29-30(31)24-56(42(29)62)34-14-15-37(58)50-41(34)61/h7,10-13,20,22-23,28,33-34,45H,4-6,8-9,14-19,21,24-25H2,1-3H3,(H,46,60)(H,48,59)(H,47,49,51)(H,50,58,61)/t33-,34?/m1/s1. The van der Waals surface area contributed by atoms with E-state index in [1.165, 1.54) is 12.0 Å². The van der Waals surface area contributed by atoms with Crippen molar-refractivity contribution in [3.8, 4) is 5.75 Å². The van der Waals surface area contributed by atoms with E-state index in [-0.39, 0.29) is 80.8 Å². The fourth-order valence-electron chi connectivity index (χ4n) is 8.82. The molecule has 1 unspecified atom stereocenters. The van der Waals surface area contributed by atoms with Gasteiger partial charge in [-0.05, 0) is 56.0 Å². The summed E-state index contributed by atoms with van der Waals surface area (Å²) in [5.41, 5.74) is 3.69. The number of carbonyl (C=O) groups excluding carboxylic acids is 6. The number of ether oxygens (including phenoxy) is 2. The molecule has 2 fully saturated rings. The summed E-state index contributed by atoms with van der Waals surface area (Å²) >= 11 is 0. The summed E-state index contributed by atoms with van der Waals surface area (Å²) in [6.45, 7) is 3.90. The van der Waals surface area contributed by atoms with Gasteiger partial charge in [-0.2, -0.15) is 4.98 Å². The minimum atomic E-state index is -0.748. The van der Waals surface area contributed by atoms with Crippen molar-refractivity contribution in [2.75, 3.05) is 60.9 Å². The number of anilines is 5. The Kier molecular flexibility index (Phi) is 13.6. The molecule has 8 rings (SSSR count). The topological polar surface area (TPSA) is 247 Å². The van der Waals surface area contributed by atoms with Crippen LogP contribution in [0.15, 0.2) is 48.8 Å². The summed E-state index contributed by atoms with van der Waals surface area (Å²) in [7, 11) is 3.29. The molecule has 1 saturated carbocycles. The van der Waals surface area contributed by atoms with Crippen molar-refractivity contribution in [3.05, 3.63) is 71.2 Å². The second kappa shape index (κ2) is 19.8. The molecule has 5 heterocycles. The third-order valence-electron chi connectivity index (χ3n) is 12.2. The Hall–Kier alpha value is -7.00. The zero-order chi connectivity index (χ0) is 45.6. The molecule has 1 saturated heterocycles. The number of amides is 6. The first-order valence-corrected chi connectivity index (χ1v) is 21.9. The molecule has 0 spiro atoms. The van der Waals surface area contributed by atoms with Gasteiger partial charge < -0.3 is 45.4 Å². The van der Waals surface area contributed by atoms with Gasteiger partial charge in [0.15, 0.2) is 5.82 Å². The molecule has 342 valence electrons. The number of hydrogen-bond donors (Lipinski definition) is 5. The minimum Gasteiger partial charge on any atom is -0.495 e. The van der Waals surface area contributed by atoms with Gasteiger partial charge in [0.05, 0.1) is 44.9 Å². The number of piperidine rings is 1. The Bertz CT molecular complexity index is 2470. The molecule has 0 bridgehead atoms. The van der Waals surface area contributed by atoms with Crippen molar-refractivity contribution in [1.82, 2.24) is 45.8 Å². The normalized spacial score (nSPS) is 18.4. The maximum Gasteiger partial charge on any atom is 0.255 e. The maximum atomic E-state index is 13.3. The number of carbonyl (C=O) groups is 6. The molecule has 4 aromatic rings. The third-order valence-corrected chi connectivity index (χ3v) is 12.2. The lowest BCUT2D eigenvalue weighted by Crippen LogP contribution is -2.55.